The number of unbranched alkanes of at least 4 members (excludes halogenated alkanes) is 35. The van der Waals surface area contributed by atoms with Crippen molar-refractivity contribution in [1.29, 1.82) is 0 Å². The van der Waals surface area contributed by atoms with E-state index in [4.69, 9.17) is 18.9 Å². The molecule has 9 heteroatoms. The molecular weight excluding hydrogens is 1030 g/mol. The summed E-state index contributed by atoms with van der Waals surface area (Å²) < 4.78 is 23.0. The molecule has 0 aliphatic carbocycles. The normalized spacial score (nSPS) is 13.2. The summed E-state index contributed by atoms with van der Waals surface area (Å²) in [5, 5.41) is 9.74. The van der Waals surface area contributed by atoms with Crippen molar-refractivity contribution in [2.24, 2.45) is 0 Å². The number of aliphatic carboxylic acids is 1. The van der Waals surface area contributed by atoms with Gasteiger partial charge in [-0.1, -0.05) is 292 Å². The van der Waals surface area contributed by atoms with Crippen molar-refractivity contribution >= 4 is 17.9 Å². The fourth-order valence-corrected chi connectivity index (χ4v) is 9.84. The number of carbonyl (C=O) groups excluding carboxylic acids is 2. The van der Waals surface area contributed by atoms with E-state index in [-0.39, 0.29) is 32.2 Å². The molecule has 0 heterocycles. The van der Waals surface area contributed by atoms with Crippen molar-refractivity contribution in [3.8, 4) is 0 Å². The summed E-state index contributed by atoms with van der Waals surface area (Å²) >= 11 is 0. The summed E-state index contributed by atoms with van der Waals surface area (Å²) in [5.74, 6) is -1.99. The zero-order valence-electron chi connectivity index (χ0n) is 54.8. The van der Waals surface area contributed by atoms with E-state index in [1.807, 2.05) is 21.1 Å². The van der Waals surface area contributed by atoms with Crippen LogP contribution in [0.25, 0.3) is 0 Å². The van der Waals surface area contributed by atoms with Crippen molar-refractivity contribution in [2.45, 2.75) is 322 Å². The number of carbonyl (C=O) groups is 3. The van der Waals surface area contributed by atoms with Gasteiger partial charge in [-0.05, 0) is 89.9 Å². The van der Waals surface area contributed by atoms with Crippen molar-refractivity contribution < 1.29 is 42.9 Å². The summed E-state index contributed by atoms with van der Waals surface area (Å²) in [4.78, 5) is 37.6. The van der Waals surface area contributed by atoms with Gasteiger partial charge in [0.05, 0.1) is 34.4 Å². The van der Waals surface area contributed by atoms with Gasteiger partial charge in [0.1, 0.15) is 13.2 Å². The molecule has 0 rings (SSSR count). The van der Waals surface area contributed by atoms with Gasteiger partial charge in [0.25, 0.3) is 6.29 Å². The minimum absolute atomic E-state index is 0.182. The fraction of sp³-hybridized carbons (Fsp3) is 0.770. The molecule has 0 aromatic heterocycles. The molecule has 0 radical (unpaired) electrons. The van der Waals surface area contributed by atoms with Crippen LogP contribution >= 0.6 is 0 Å². The molecule has 2 atom stereocenters. The van der Waals surface area contributed by atoms with Crippen LogP contribution in [0, 0.1) is 0 Å². The summed E-state index contributed by atoms with van der Waals surface area (Å²) in [6.45, 7) is 4.80. The molecule has 1 N–H and O–H groups in total. The van der Waals surface area contributed by atoms with E-state index in [1.54, 1.807) is 0 Å². The molecule has 0 aliphatic heterocycles. The van der Waals surface area contributed by atoms with Crippen LogP contribution in [0.15, 0.2) is 85.1 Å². The number of quaternary nitrogens is 1. The smallest absolute Gasteiger partial charge is 0.361 e. The Morgan fingerprint density at radius 1 is 0.373 bits per heavy atom. The van der Waals surface area contributed by atoms with E-state index in [0.717, 1.165) is 77.0 Å². The van der Waals surface area contributed by atoms with Gasteiger partial charge in [-0.2, -0.15) is 0 Å². The minimum atomic E-state index is -1.51. The molecule has 0 bridgehead atoms. The van der Waals surface area contributed by atoms with Crippen molar-refractivity contribution in [1.82, 2.24) is 0 Å². The second kappa shape index (κ2) is 64.5. The molecule has 0 aromatic carbocycles. The predicted molar refractivity (Wildman–Crippen MR) is 355 cm³/mol. The van der Waals surface area contributed by atoms with Crippen LogP contribution in [0.3, 0.4) is 0 Å². The number of nitrogens with zero attached hydrogens (tertiary/aromatic N) is 1. The maximum absolute atomic E-state index is 12.9. The highest BCUT2D eigenvalue weighted by Crippen LogP contribution is 2.17. The lowest BCUT2D eigenvalue weighted by Crippen LogP contribution is -2.40. The van der Waals surface area contributed by atoms with E-state index in [0.29, 0.717) is 17.4 Å². The van der Waals surface area contributed by atoms with Crippen LogP contribution < -0.4 is 0 Å². The third kappa shape index (κ3) is 65.9. The molecule has 83 heavy (non-hydrogen) atoms. The Labute approximate surface area is 512 Å². The maximum atomic E-state index is 12.9. The number of carboxylic acid groups (broad SMARTS) is 1. The van der Waals surface area contributed by atoms with Gasteiger partial charge in [-0.15, -0.1) is 0 Å². The standard InChI is InChI=1S/C74H131NO8/c1-6-8-10-12-14-16-18-20-22-24-26-28-29-30-31-32-33-34-35-36-37-38-39-40-41-42-43-45-47-49-51-53-55-57-59-61-63-65-72(77)83-70(69-82-74(73(78)79)80-67-66-75(3,4)5)68-81-71(76)64-62-60-58-56-54-52-50-48-46-44-27-25-23-21-19-17-15-13-11-9-7-2/h8,10,14,16,20,22,25-28,30-31,33-34,70,74H,6-7,9,11-13,15,17-19,21,23-24,29,32,35-69H2,1-5H3/p+1/b10-8-,16-14-,22-20-,27-25-,28-26-,31-30-,34-33-. The van der Waals surface area contributed by atoms with E-state index in [1.165, 1.54) is 205 Å². The summed E-state index contributed by atoms with van der Waals surface area (Å²) in [7, 11) is 5.98. The lowest BCUT2D eigenvalue weighted by Gasteiger charge is -2.25. The first-order chi connectivity index (χ1) is 40.6. The first kappa shape index (κ1) is 79.5. The topological polar surface area (TPSA) is 108 Å². The van der Waals surface area contributed by atoms with Gasteiger partial charge in [0.2, 0.25) is 0 Å². The van der Waals surface area contributed by atoms with Gasteiger partial charge < -0.3 is 28.5 Å². The first-order valence-corrected chi connectivity index (χ1v) is 34.8. The van der Waals surface area contributed by atoms with E-state index in [9.17, 15) is 19.5 Å². The zero-order chi connectivity index (χ0) is 60.5. The molecule has 0 saturated carbocycles. The zero-order valence-corrected chi connectivity index (χ0v) is 54.8. The lowest BCUT2D eigenvalue weighted by atomic mass is 10.0. The molecule has 0 fully saturated rings. The molecule has 2 unspecified atom stereocenters. The number of esters is 2. The van der Waals surface area contributed by atoms with Crippen LogP contribution in [0.5, 0.6) is 0 Å². The number of allylic oxidation sites excluding steroid dienone is 14. The predicted octanol–water partition coefficient (Wildman–Crippen LogP) is 21.5. The Morgan fingerprint density at radius 3 is 1.04 bits per heavy atom. The molecule has 0 aromatic rings. The third-order valence-corrected chi connectivity index (χ3v) is 15.1. The number of ether oxygens (including phenoxy) is 4. The van der Waals surface area contributed by atoms with Crippen LogP contribution in [0.4, 0.5) is 0 Å². The Hall–Kier alpha value is -3.53. The second-order valence-electron chi connectivity index (χ2n) is 24.5. The van der Waals surface area contributed by atoms with E-state index < -0.39 is 24.3 Å². The number of likely N-dealkylation sites (N-methyl/N-ethyl adjacent to an activating group) is 1. The van der Waals surface area contributed by atoms with E-state index in [2.05, 4.69) is 98.9 Å². The average Bonchev–Trinajstić information content (AvgIpc) is 3.46. The van der Waals surface area contributed by atoms with Crippen molar-refractivity contribution in [3.63, 3.8) is 0 Å². The molecule has 0 amide bonds. The Bertz CT molecular complexity index is 1640. The quantitative estimate of drug-likeness (QED) is 0.0211. The molecule has 0 aliphatic rings. The van der Waals surface area contributed by atoms with E-state index >= 15 is 0 Å². The van der Waals surface area contributed by atoms with Gasteiger partial charge in [-0.25, -0.2) is 4.79 Å². The highest BCUT2D eigenvalue weighted by atomic mass is 16.7. The van der Waals surface area contributed by atoms with Gasteiger partial charge >= 0.3 is 17.9 Å². The number of hydrogen-bond acceptors (Lipinski definition) is 7. The van der Waals surface area contributed by atoms with Crippen molar-refractivity contribution in [2.75, 3.05) is 47.5 Å². The van der Waals surface area contributed by atoms with Crippen molar-refractivity contribution in [3.05, 3.63) is 85.1 Å². The maximum Gasteiger partial charge on any atom is 0.361 e. The Kier molecular flexibility index (Phi) is 61.7. The Balaban J connectivity index is 4.06. The molecule has 0 saturated heterocycles. The van der Waals surface area contributed by atoms with Crippen LogP contribution in [-0.4, -0.2) is 87.4 Å². The molecular formula is C74H132NO8+. The second-order valence-corrected chi connectivity index (χ2v) is 24.5. The summed E-state index contributed by atoms with van der Waals surface area (Å²) in [6.07, 6.45) is 84.1. The molecule has 0 spiro atoms. The lowest BCUT2D eigenvalue weighted by molar-refractivity contribution is -0.870. The highest BCUT2D eigenvalue weighted by molar-refractivity contribution is 5.71. The van der Waals surface area contributed by atoms with Crippen LogP contribution in [0.2, 0.25) is 0 Å². The largest absolute Gasteiger partial charge is 0.477 e. The first-order valence-electron chi connectivity index (χ1n) is 34.8. The minimum Gasteiger partial charge on any atom is -0.477 e. The van der Waals surface area contributed by atoms with Gasteiger partial charge in [-0.3, -0.25) is 9.59 Å². The number of hydrogen-bond donors (Lipinski definition) is 1. The molecule has 480 valence electrons. The molecule has 9 nitrogen and oxygen atoms in total. The fourth-order valence-electron chi connectivity index (χ4n) is 9.84. The summed E-state index contributed by atoms with van der Waals surface area (Å²) in [6, 6.07) is 0. The summed E-state index contributed by atoms with van der Waals surface area (Å²) in [5.41, 5.74) is 0. The SMILES string of the molecule is CC/C=C\C/C=C\C/C=C\C/C=C\C/C=C\C/C=C\CCCCCCCCCCCCCCCCCCCCC(=O)OC(COC(=O)CCCCCCCCCCC/C=C\CCCCCCCCCC)COC(OCC[N+](C)(C)C)C(=O)O. The average molecular weight is 1160 g/mol. The van der Waals surface area contributed by atoms with Gasteiger partial charge in [0.15, 0.2) is 6.10 Å². The number of rotatable bonds is 64. The number of carboxylic acids is 1. The van der Waals surface area contributed by atoms with Crippen LogP contribution in [0.1, 0.15) is 309 Å². The third-order valence-electron chi connectivity index (χ3n) is 15.1. The van der Waals surface area contributed by atoms with Crippen LogP contribution in [-0.2, 0) is 33.3 Å². The highest BCUT2D eigenvalue weighted by Gasteiger charge is 2.25. The monoisotopic (exact) mass is 1160 g/mol. The Morgan fingerprint density at radius 2 is 0.687 bits per heavy atom. The van der Waals surface area contributed by atoms with Gasteiger partial charge in [0, 0.05) is 12.8 Å².